The number of hydrogen-bond acceptors (Lipinski definition) is 4. The van der Waals surface area contributed by atoms with Crippen LogP contribution in [-0.2, 0) is 14.6 Å². The van der Waals surface area contributed by atoms with Gasteiger partial charge in [-0.15, -0.1) is 0 Å². The van der Waals surface area contributed by atoms with Gasteiger partial charge < -0.3 is 9.72 Å². The van der Waals surface area contributed by atoms with Crippen molar-refractivity contribution in [3.05, 3.63) is 59.7 Å². The van der Waals surface area contributed by atoms with Crippen molar-refractivity contribution in [2.75, 3.05) is 7.11 Å². The van der Waals surface area contributed by atoms with Gasteiger partial charge in [-0.3, -0.25) is 0 Å². The van der Waals surface area contributed by atoms with Gasteiger partial charge in [0, 0.05) is 10.9 Å². The van der Waals surface area contributed by atoms with E-state index >= 15 is 0 Å². The molecule has 1 heterocycles. The Kier molecular flexibility index (Phi) is 3.69. The number of aryl methyl sites for hydroxylation is 1. The second-order valence-electron chi connectivity index (χ2n) is 5.24. The zero-order chi connectivity index (χ0) is 16.6. The molecule has 0 bridgehead atoms. The van der Waals surface area contributed by atoms with Crippen LogP contribution in [0.5, 0.6) is 0 Å². The van der Waals surface area contributed by atoms with Gasteiger partial charge in [-0.2, -0.15) is 0 Å². The number of esters is 1. The fourth-order valence-electron chi connectivity index (χ4n) is 2.34. The first kappa shape index (κ1) is 15.3. The topological polar surface area (TPSA) is 76.2 Å². The normalized spacial score (nSPS) is 11.6. The largest absolute Gasteiger partial charge is 0.465 e. The van der Waals surface area contributed by atoms with Crippen LogP contribution in [0.4, 0.5) is 0 Å². The van der Waals surface area contributed by atoms with Gasteiger partial charge in [0.2, 0.25) is 9.84 Å². The molecule has 2 aromatic carbocycles. The van der Waals surface area contributed by atoms with E-state index in [4.69, 9.17) is 0 Å². The molecule has 0 aliphatic rings. The summed E-state index contributed by atoms with van der Waals surface area (Å²) in [7, 11) is -2.33. The van der Waals surface area contributed by atoms with Gasteiger partial charge >= 0.3 is 5.97 Å². The minimum Gasteiger partial charge on any atom is -0.465 e. The van der Waals surface area contributed by atoms with Crippen LogP contribution in [0.3, 0.4) is 0 Å². The number of hydrogen-bond donors (Lipinski definition) is 1. The Morgan fingerprint density at radius 1 is 1.04 bits per heavy atom. The number of H-pyrrole nitrogens is 1. The molecule has 0 atom stereocenters. The molecule has 0 spiro atoms. The molecule has 0 unspecified atom stereocenters. The van der Waals surface area contributed by atoms with Crippen LogP contribution in [0.25, 0.3) is 10.9 Å². The Morgan fingerprint density at radius 3 is 2.39 bits per heavy atom. The number of sulfone groups is 1. The highest BCUT2D eigenvalue weighted by Crippen LogP contribution is 2.25. The number of methoxy groups -OCH3 is 1. The van der Waals surface area contributed by atoms with E-state index < -0.39 is 15.8 Å². The summed E-state index contributed by atoms with van der Waals surface area (Å²) in [6.45, 7) is 1.90. The van der Waals surface area contributed by atoms with E-state index in [0.29, 0.717) is 16.5 Å². The van der Waals surface area contributed by atoms with Crippen LogP contribution in [-0.4, -0.2) is 26.5 Å². The van der Waals surface area contributed by atoms with E-state index in [-0.39, 0.29) is 9.92 Å². The third-order valence-electron chi connectivity index (χ3n) is 3.64. The number of aromatic nitrogens is 1. The molecule has 0 aliphatic heterocycles. The summed E-state index contributed by atoms with van der Waals surface area (Å²) in [6.07, 6.45) is 0. The van der Waals surface area contributed by atoms with E-state index in [2.05, 4.69) is 9.72 Å². The van der Waals surface area contributed by atoms with Gasteiger partial charge in [-0.05, 0) is 43.3 Å². The molecule has 0 amide bonds. The highest BCUT2D eigenvalue weighted by Gasteiger charge is 2.20. The lowest BCUT2D eigenvalue weighted by Gasteiger charge is -2.02. The van der Waals surface area contributed by atoms with Crippen molar-refractivity contribution in [3.8, 4) is 0 Å². The fraction of sp³-hybridized carbons (Fsp3) is 0.118. The van der Waals surface area contributed by atoms with Crippen LogP contribution < -0.4 is 0 Å². The standard InChI is InChI=1S/C17H15NO4S/c1-11-3-6-14(7-4-11)23(20,21)16-10-13-9-12(17(19)22-2)5-8-15(13)18-16/h3-10,18H,1-2H3. The molecule has 3 rings (SSSR count). The number of fused-ring (bicyclic) bond motifs is 1. The first-order valence-electron chi connectivity index (χ1n) is 6.94. The lowest BCUT2D eigenvalue weighted by Crippen LogP contribution is -2.02. The number of ether oxygens (including phenoxy) is 1. The van der Waals surface area contributed by atoms with Gasteiger partial charge in [0.25, 0.3) is 0 Å². The van der Waals surface area contributed by atoms with Crippen LogP contribution >= 0.6 is 0 Å². The molecule has 118 valence electrons. The first-order chi connectivity index (χ1) is 10.9. The third kappa shape index (κ3) is 2.73. The molecule has 0 fully saturated rings. The van der Waals surface area contributed by atoms with Gasteiger partial charge in [0.1, 0.15) is 5.03 Å². The van der Waals surface area contributed by atoms with Gasteiger partial charge in [-0.1, -0.05) is 17.7 Å². The van der Waals surface area contributed by atoms with Crippen molar-refractivity contribution in [1.82, 2.24) is 4.98 Å². The number of benzene rings is 2. The number of rotatable bonds is 3. The van der Waals surface area contributed by atoms with Crippen LogP contribution in [0.1, 0.15) is 15.9 Å². The lowest BCUT2D eigenvalue weighted by atomic mass is 10.1. The number of carbonyl (C=O) groups is 1. The Balaban J connectivity index is 2.09. The summed E-state index contributed by atoms with van der Waals surface area (Å²) in [5.74, 6) is -0.462. The van der Waals surface area contributed by atoms with Crippen LogP contribution in [0, 0.1) is 6.92 Å². The smallest absolute Gasteiger partial charge is 0.337 e. The molecule has 5 nitrogen and oxygen atoms in total. The van der Waals surface area contributed by atoms with Crippen molar-refractivity contribution in [1.29, 1.82) is 0 Å². The quantitative estimate of drug-likeness (QED) is 0.749. The second-order valence-corrected chi connectivity index (χ2v) is 7.16. The first-order valence-corrected chi connectivity index (χ1v) is 8.43. The lowest BCUT2D eigenvalue weighted by molar-refractivity contribution is 0.0601. The molecule has 0 saturated carbocycles. The zero-order valence-electron chi connectivity index (χ0n) is 12.7. The molecule has 3 aromatic rings. The maximum absolute atomic E-state index is 12.7. The fourth-order valence-corrected chi connectivity index (χ4v) is 3.61. The highest BCUT2D eigenvalue weighted by atomic mass is 32.2. The zero-order valence-corrected chi connectivity index (χ0v) is 13.5. The number of carbonyl (C=O) groups excluding carboxylic acids is 1. The average Bonchev–Trinajstić information content (AvgIpc) is 2.98. The molecule has 0 saturated heterocycles. The molecular weight excluding hydrogens is 314 g/mol. The predicted molar refractivity (Wildman–Crippen MR) is 86.3 cm³/mol. The Bertz CT molecular complexity index is 985. The van der Waals surface area contributed by atoms with E-state index in [9.17, 15) is 13.2 Å². The summed E-state index contributed by atoms with van der Waals surface area (Å²) in [5.41, 5.74) is 2.00. The maximum atomic E-state index is 12.7. The van der Waals surface area contributed by atoms with Crippen molar-refractivity contribution in [3.63, 3.8) is 0 Å². The Morgan fingerprint density at radius 2 is 1.74 bits per heavy atom. The molecule has 0 aliphatic carbocycles. The third-order valence-corrected chi connectivity index (χ3v) is 5.33. The summed E-state index contributed by atoms with van der Waals surface area (Å²) in [6, 6.07) is 13.0. The van der Waals surface area contributed by atoms with E-state index in [1.54, 1.807) is 42.5 Å². The molecule has 1 N–H and O–H groups in total. The molecule has 1 aromatic heterocycles. The van der Waals surface area contributed by atoms with Crippen molar-refractivity contribution >= 4 is 26.7 Å². The Hall–Kier alpha value is -2.60. The molecule has 0 radical (unpaired) electrons. The number of aromatic amines is 1. The molecule has 23 heavy (non-hydrogen) atoms. The molecular formula is C17H15NO4S. The average molecular weight is 329 g/mol. The minimum absolute atomic E-state index is 0.0957. The summed E-state index contributed by atoms with van der Waals surface area (Å²) >= 11 is 0. The maximum Gasteiger partial charge on any atom is 0.337 e. The highest BCUT2D eigenvalue weighted by molar-refractivity contribution is 7.91. The molecule has 6 heteroatoms. The minimum atomic E-state index is -3.63. The number of nitrogens with one attached hydrogen (secondary N) is 1. The van der Waals surface area contributed by atoms with E-state index in [1.807, 2.05) is 6.92 Å². The Labute approximate surface area is 133 Å². The monoisotopic (exact) mass is 329 g/mol. The van der Waals surface area contributed by atoms with Crippen molar-refractivity contribution in [2.24, 2.45) is 0 Å². The van der Waals surface area contributed by atoms with Crippen LogP contribution in [0.2, 0.25) is 0 Å². The predicted octanol–water partition coefficient (Wildman–Crippen LogP) is 3.10. The second kappa shape index (κ2) is 5.55. The van der Waals surface area contributed by atoms with Crippen molar-refractivity contribution < 1.29 is 17.9 Å². The van der Waals surface area contributed by atoms with E-state index in [0.717, 1.165) is 5.56 Å². The van der Waals surface area contributed by atoms with Gasteiger partial charge in [0.15, 0.2) is 0 Å². The van der Waals surface area contributed by atoms with Crippen LogP contribution in [0.15, 0.2) is 58.5 Å². The van der Waals surface area contributed by atoms with Crippen molar-refractivity contribution in [2.45, 2.75) is 16.8 Å². The van der Waals surface area contributed by atoms with E-state index in [1.165, 1.54) is 13.2 Å². The van der Waals surface area contributed by atoms with Gasteiger partial charge in [-0.25, -0.2) is 13.2 Å². The summed E-state index contributed by atoms with van der Waals surface area (Å²) in [5, 5.41) is 0.733. The van der Waals surface area contributed by atoms with Gasteiger partial charge in [0.05, 0.1) is 17.6 Å². The summed E-state index contributed by atoms with van der Waals surface area (Å²) in [4.78, 5) is 14.7. The summed E-state index contributed by atoms with van der Waals surface area (Å²) < 4.78 is 30.0. The SMILES string of the molecule is COC(=O)c1ccc2[nH]c(S(=O)(=O)c3ccc(C)cc3)cc2c1.